The number of guanidine groups is 1. The first kappa shape index (κ1) is 22.5. The lowest BCUT2D eigenvalue weighted by atomic mass is 10.3. The van der Waals surface area contributed by atoms with Gasteiger partial charge < -0.3 is 20.3 Å². The fourth-order valence-electron chi connectivity index (χ4n) is 2.55. The smallest absolute Gasteiger partial charge is 0.422 e. The highest BCUT2D eigenvalue weighted by atomic mass is 127. The molecule has 12 heteroatoms. The van der Waals surface area contributed by atoms with E-state index in [0.29, 0.717) is 11.5 Å². The standard InChI is InChI=1S/C16H19F3N6OS.HI/c17-16(18,19)11-26-13-9-12(1-2-21-13)10-23-14(20)24-4-6-25(7-5-24)15-22-3-8-27-15;/h1-3,8-9H,4-7,10-11H2,(H2,20,23);1H. The Labute approximate surface area is 181 Å². The van der Waals surface area contributed by atoms with Crippen molar-refractivity contribution in [2.75, 3.05) is 37.7 Å². The Kier molecular flexibility index (Phi) is 8.10. The van der Waals surface area contributed by atoms with Crippen LogP contribution in [0.4, 0.5) is 18.3 Å². The maximum atomic E-state index is 12.2. The highest BCUT2D eigenvalue weighted by molar-refractivity contribution is 14.0. The van der Waals surface area contributed by atoms with Gasteiger partial charge in [0.1, 0.15) is 0 Å². The number of ether oxygens (including phenoxy) is 1. The summed E-state index contributed by atoms with van der Waals surface area (Å²) < 4.78 is 41.3. The average Bonchev–Trinajstić information content (AvgIpc) is 3.19. The molecule has 0 radical (unpaired) electrons. The van der Waals surface area contributed by atoms with Crippen molar-refractivity contribution in [1.82, 2.24) is 14.9 Å². The molecule has 1 aliphatic rings. The number of rotatable bonds is 5. The fourth-order valence-corrected chi connectivity index (χ4v) is 3.25. The number of hydrogen-bond acceptors (Lipinski definition) is 6. The van der Waals surface area contributed by atoms with Gasteiger partial charge >= 0.3 is 6.18 Å². The number of piperazine rings is 1. The summed E-state index contributed by atoms with van der Waals surface area (Å²) in [6.45, 7) is 1.92. The Morgan fingerprint density at radius 1 is 1.21 bits per heavy atom. The van der Waals surface area contributed by atoms with E-state index in [1.807, 2.05) is 10.3 Å². The van der Waals surface area contributed by atoms with Gasteiger partial charge in [-0.25, -0.2) is 15.0 Å². The van der Waals surface area contributed by atoms with Crippen LogP contribution in [0.5, 0.6) is 5.88 Å². The molecule has 2 aromatic heterocycles. The molecular weight excluding hydrogens is 508 g/mol. The molecule has 0 amide bonds. The number of nitrogens with two attached hydrogens (primary N) is 1. The van der Waals surface area contributed by atoms with E-state index in [-0.39, 0.29) is 36.4 Å². The van der Waals surface area contributed by atoms with Gasteiger partial charge in [-0.05, 0) is 11.6 Å². The summed E-state index contributed by atoms with van der Waals surface area (Å²) in [6, 6.07) is 3.10. The quantitative estimate of drug-likeness (QED) is 0.366. The van der Waals surface area contributed by atoms with Gasteiger partial charge in [-0.3, -0.25) is 0 Å². The minimum absolute atomic E-state index is 0. The SMILES string of the molecule is I.NC(=NCc1ccnc(OCC(F)(F)F)c1)N1CCN(c2nccs2)CC1. The number of nitrogens with zero attached hydrogens (tertiary/aromatic N) is 5. The average molecular weight is 528 g/mol. The Balaban J connectivity index is 0.00000280. The predicted molar refractivity (Wildman–Crippen MR) is 112 cm³/mol. The summed E-state index contributed by atoms with van der Waals surface area (Å²) >= 11 is 1.60. The van der Waals surface area contributed by atoms with Crippen LogP contribution < -0.4 is 15.4 Å². The highest BCUT2D eigenvalue weighted by Crippen LogP contribution is 2.19. The second kappa shape index (κ2) is 10.1. The van der Waals surface area contributed by atoms with Crippen molar-refractivity contribution in [2.24, 2.45) is 10.7 Å². The number of pyridine rings is 1. The molecule has 0 atom stereocenters. The molecule has 0 aromatic carbocycles. The van der Waals surface area contributed by atoms with Gasteiger partial charge in [-0.2, -0.15) is 13.2 Å². The van der Waals surface area contributed by atoms with E-state index >= 15 is 0 Å². The van der Waals surface area contributed by atoms with E-state index in [2.05, 4.69) is 24.6 Å². The minimum Gasteiger partial charge on any atom is -0.468 e. The van der Waals surface area contributed by atoms with Gasteiger partial charge in [-0.15, -0.1) is 35.3 Å². The third-order valence-corrected chi connectivity index (χ3v) is 4.73. The van der Waals surface area contributed by atoms with Crippen LogP contribution in [-0.4, -0.2) is 59.8 Å². The van der Waals surface area contributed by atoms with Gasteiger partial charge in [0.15, 0.2) is 17.7 Å². The number of hydrogen-bond donors (Lipinski definition) is 1. The fraction of sp³-hybridized carbons (Fsp3) is 0.438. The molecule has 0 aliphatic carbocycles. The lowest BCUT2D eigenvalue weighted by molar-refractivity contribution is -0.154. The highest BCUT2D eigenvalue weighted by Gasteiger charge is 2.28. The van der Waals surface area contributed by atoms with Crippen LogP contribution in [0.3, 0.4) is 0 Å². The molecule has 1 saturated heterocycles. The summed E-state index contributed by atoms with van der Waals surface area (Å²) in [4.78, 5) is 16.6. The first-order valence-corrected chi connectivity index (χ1v) is 9.12. The van der Waals surface area contributed by atoms with Crippen LogP contribution >= 0.6 is 35.3 Å². The first-order valence-electron chi connectivity index (χ1n) is 8.24. The number of thiazole rings is 1. The Morgan fingerprint density at radius 3 is 2.61 bits per heavy atom. The molecule has 2 aromatic rings. The van der Waals surface area contributed by atoms with E-state index in [4.69, 9.17) is 5.73 Å². The van der Waals surface area contributed by atoms with Crippen molar-refractivity contribution in [2.45, 2.75) is 12.7 Å². The van der Waals surface area contributed by atoms with Crippen LogP contribution in [-0.2, 0) is 6.54 Å². The Morgan fingerprint density at radius 2 is 1.96 bits per heavy atom. The zero-order valence-corrected chi connectivity index (χ0v) is 17.9. The van der Waals surface area contributed by atoms with E-state index in [1.54, 1.807) is 23.6 Å². The summed E-state index contributed by atoms with van der Waals surface area (Å²) in [5.41, 5.74) is 6.74. The molecule has 0 bridgehead atoms. The third-order valence-electron chi connectivity index (χ3n) is 3.90. The van der Waals surface area contributed by atoms with Crippen LogP contribution in [0.1, 0.15) is 5.56 Å². The van der Waals surface area contributed by atoms with Crippen LogP contribution in [0.15, 0.2) is 34.9 Å². The number of aliphatic imine (C=N–C) groups is 1. The number of halogens is 4. The van der Waals surface area contributed by atoms with Crippen molar-refractivity contribution >= 4 is 46.4 Å². The molecule has 7 nitrogen and oxygen atoms in total. The number of aromatic nitrogens is 2. The van der Waals surface area contributed by atoms with Crippen molar-refractivity contribution in [3.63, 3.8) is 0 Å². The summed E-state index contributed by atoms with van der Waals surface area (Å²) in [5.74, 6) is 0.319. The second-order valence-corrected chi connectivity index (χ2v) is 6.74. The zero-order chi connectivity index (χ0) is 19.3. The van der Waals surface area contributed by atoms with Gasteiger partial charge in [0, 0.05) is 50.0 Å². The molecule has 154 valence electrons. The van der Waals surface area contributed by atoms with Crippen LogP contribution in [0, 0.1) is 0 Å². The maximum Gasteiger partial charge on any atom is 0.422 e. The number of anilines is 1. The predicted octanol–water partition coefficient (Wildman–Crippen LogP) is 2.73. The second-order valence-electron chi connectivity index (χ2n) is 5.87. The van der Waals surface area contributed by atoms with E-state index in [0.717, 1.165) is 31.3 Å². The zero-order valence-electron chi connectivity index (χ0n) is 14.8. The van der Waals surface area contributed by atoms with Crippen molar-refractivity contribution in [1.29, 1.82) is 0 Å². The molecule has 1 fully saturated rings. The first-order chi connectivity index (χ1) is 12.9. The largest absolute Gasteiger partial charge is 0.468 e. The van der Waals surface area contributed by atoms with Crippen molar-refractivity contribution < 1.29 is 17.9 Å². The van der Waals surface area contributed by atoms with Gasteiger partial charge in [0.2, 0.25) is 5.88 Å². The lowest BCUT2D eigenvalue weighted by Gasteiger charge is -2.35. The van der Waals surface area contributed by atoms with E-state index < -0.39 is 12.8 Å². The summed E-state index contributed by atoms with van der Waals surface area (Å²) in [5, 5.41) is 2.94. The molecule has 0 saturated carbocycles. The maximum absolute atomic E-state index is 12.2. The van der Waals surface area contributed by atoms with Crippen LogP contribution in [0.25, 0.3) is 0 Å². The van der Waals surface area contributed by atoms with Gasteiger partial charge in [-0.1, -0.05) is 0 Å². The normalized spacial score (nSPS) is 15.3. The Bertz CT molecular complexity index is 766. The molecule has 0 unspecified atom stereocenters. The van der Waals surface area contributed by atoms with E-state index in [9.17, 15) is 13.2 Å². The molecular formula is C16H20F3IN6OS. The van der Waals surface area contributed by atoms with Crippen molar-refractivity contribution in [3.8, 4) is 5.88 Å². The van der Waals surface area contributed by atoms with E-state index in [1.165, 1.54) is 12.3 Å². The topological polar surface area (TPSA) is 79.9 Å². The third kappa shape index (κ3) is 6.65. The van der Waals surface area contributed by atoms with Gasteiger partial charge in [0.25, 0.3) is 0 Å². The molecule has 0 spiro atoms. The van der Waals surface area contributed by atoms with Gasteiger partial charge in [0.05, 0.1) is 6.54 Å². The molecule has 1 aliphatic heterocycles. The van der Waals surface area contributed by atoms with Crippen LogP contribution in [0.2, 0.25) is 0 Å². The number of alkyl halides is 3. The minimum atomic E-state index is -4.40. The Hall–Kier alpha value is -1.83. The lowest BCUT2D eigenvalue weighted by Crippen LogP contribution is -2.51. The molecule has 2 N–H and O–H groups in total. The van der Waals surface area contributed by atoms with Crippen molar-refractivity contribution in [3.05, 3.63) is 35.5 Å². The molecule has 3 heterocycles. The molecule has 3 rings (SSSR count). The molecule has 28 heavy (non-hydrogen) atoms. The summed E-state index contributed by atoms with van der Waals surface area (Å²) in [6.07, 6.45) is -1.23. The summed E-state index contributed by atoms with van der Waals surface area (Å²) in [7, 11) is 0. The monoisotopic (exact) mass is 528 g/mol.